The van der Waals surface area contributed by atoms with E-state index in [1.165, 1.54) is 0 Å². The zero-order valence-electron chi connectivity index (χ0n) is 13.4. The number of nitrogens with one attached hydrogen (secondary N) is 1. The highest BCUT2D eigenvalue weighted by atomic mass is 35.5. The Morgan fingerprint density at radius 3 is 2.41 bits per heavy atom. The van der Waals surface area contributed by atoms with Crippen molar-refractivity contribution in [3.05, 3.63) is 34.9 Å². The monoisotopic (exact) mass is 325 g/mol. The molecule has 5 heteroatoms. The van der Waals surface area contributed by atoms with Crippen LogP contribution in [0.5, 0.6) is 0 Å². The van der Waals surface area contributed by atoms with Gasteiger partial charge in [0.15, 0.2) is 0 Å². The molecule has 0 saturated heterocycles. The lowest BCUT2D eigenvalue weighted by atomic mass is 9.95. The minimum absolute atomic E-state index is 0.0446. The van der Waals surface area contributed by atoms with Gasteiger partial charge in [-0.1, -0.05) is 30.7 Å². The van der Waals surface area contributed by atoms with Crippen LogP contribution in [0.2, 0.25) is 5.02 Å². The number of aliphatic carboxylic acids is 1. The largest absolute Gasteiger partial charge is 0.481 e. The van der Waals surface area contributed by atoms with Crippen molar-refractivity contribution in [3.8, 4) is 0 Å². The molecule has 1 aromatic carbocycles. The van der Waals surface area contributed by atoms with E-state index in [0.29, 0.717) is 17.9 Å². The maximum atomic E-state index is 12.1. The summed E-state index contributed by atoms with van der Waals surface area (Å²) in [5.41, 5.74) is 0.643. The number of hydrogen-bond acceptors (Lipinski definition) is 2. The number of rotatable bonds is 8. The molecule has 2 N–H and O–H groups in total. The second-order valence-electron chi connectivity index (χ2n) is 6.47. The van der Waals surface area contributed by atoms with E-state index in [1.807, 2.05) is 45.0 Å². The predicted molar refractivity (Wildman–Crippen MR) is 88.0 cm³/mol. The Morgan fingerprint density at radius 2 is 1.86 bits per heavy atom. The van der Waals surface area contributed by atoms with Crippen molar-refractivity contribution in [2.45, 2.75) is 52.0 Å². The molecule has 122 valence electrons. The molecule has 0 radical (unpaired) electrons. The molecule has 0 fully saturated rings. The standard InChI is InChI=1S/C17H24ClNO3/c1-12(10-13-4-6-14(18)7-5-13)11-15(20)19-17(2,3)9-8-16(21)22/h4-7,12H,8-11H2,1-3H3,(H,19,20)(H,21,22). The summed E-state index contributed by atoms with van der Waals surface area (Å²) in [4.78, 5) is 22.7. The van der Waals surface area contributed by atoms with Gasteiger partial charge in [-0.3, -0.25) is 9.59 Å². The van der Waals surface area contributed by atoms with Crippen LogP contribution in [0, 0.1) is 5.92 Å². The number of carbonyl (C=O) groups is 2. The van der Waals surface area contributed by atoms with Crippen LogP contribution >= 0.6 is 11.6 Å². The molecular weight excluding hydrogens is 302 g/mol. The fourth-order valence-corrected chi connectivity index (χ4v) is 2.45. The summed E-state index contributed by atoms with van der Waals surface area (Å²) < 4.78 is 0. The van der Waals surface area contributed by atoms with Crippen LogP contribution in [0.25, 0.3) is 0 Å². The van der Waals surface area contributed by atoms with E-state index in [1.54, 1.807) is 0 Å². The normalized spacial score (nSPS) is 12.7. The van der Waals surface area contributed by atoms with Crippen LogP contribution < -0.4 is 5.32 Å². The van der Waals surface area contributed by atoms with Gasteiger partial charge in [0.1, 0.15) is 0 Å². The summed E-state index contributed by atoms with van der Waals surface area (Å²) in [5, 5.41) is 12.3. The van der Waals surface area contributed by atoms with Crippen molar-refractivity contribution < 1.29 is 14.7 Å². The summed E-state index contributed by atoms with van der Waals surface area (Å²) in [5.74, 6) is -0.688. The molecule has 0 aromatic heterocycles. The average molecular weight is 326 g/mol. The maximum absolute atomic E-state index is 12.1. The number of carboxylic acid groups (broad SMARTS) is 1. The van der Waals surface area contributed by atoms with Gasteiger partial charge in [0, 0.05) is 23.4 Å². The second kappa shape index (κ2) is 8.18. The Morgan fingerprint density at radius 1 is 1.27 bits per heavy atom. The molecule has 1 atom stereocenters. The van der Waals surface area contributed by atoms with E-state index in [4.69, 9.17) is 16.7 Å². The highest BCUT2D eigenvalue weighted by molar-refractivity contribution is 6.30. The summed E-state index contributed by atoms with van der Waals surface area (Å²) in [7, 11) is 0. The lowest BCUT2D eigenvalue weighted by Gasteiger charge is -2.26. The third-order valence-corrected chi connectivity index (χ3v) is 3.72. The molecular formula is C17H24ClNO3. The Bertz CT molecular complexity index is 511. The Labute approximate surface area is 136 Å². The fourth-order valence-electron chi connectivity index (χ4n) is 2.32. The van der Waals surface area contributed by atoms with Crippen molar-refractivity contribution in [2.75, 3.05) is 0 Å². The van der Waals surface area contributed by atoms with Gasteiger partial charge in [0.05, 0.1) is 0 Å². The zero-order valence-corrected chi connectivity index (χ0v) is 14.1. The van der Waals surface area contributed by atoms with Crippen molar-refractivity contribution >= 4 is 23.5 Å². The Hall–Kier alpha value is -1.55. The van der Waals surface area contributed by atoms with Crippen LogP contribution in [-0.2, 0) is 16.0 Å². The topological polar surface area (TPSA) is 66.4 Å². The minimum Gasteiger partial charge on any atom is -0.481 e. The van der Waals surface area contributed by atoms with Crippen LogP contribution in [0.1, 0.15) is 45.6 Å². The molecule has 0 spiro atoms. The zero-order chi connectivity index (χ0) is 16.8. The van der Waals surface area contributed by atoms with Crippen molar-refractivity contribution in [1.82, 2.24) is 5.32 Å². The lowest BCUT2D eigenvalue weighted by Crippen LogP contribution is -2.44. The van der Waals surface area contributed by atoms with E-state index in [0.717, 1.165) is 12.0 Å². The van der Waals surface area contributed by atoms with Gasteiger partial charge in [0.25, 0.3) is 0 Å². The minimum atomic E-state index is -0.849. The smallest absolute Gasteiger partial charge is 0.303 e. The first-order valence-electron chi connectivity index (χ1n) is 7.45. The van der Waals surface area contributed by atoms with Crippen LogP contribution in [0.4, 0.5) is 0 Å². The first kappa shape index (κ1) is 18.5. The van der Waals surface area contributed by atoms with Crippen LogP contribution in [0.3, 0.4) is 0 Å². The average Bonchev–Trinajstić information content (AvgIpc) is 2.38. The second-order valence-corrected chi connectivity index (χ2v) is 6.90. The maximum Gasteiger partial charge on any atom is 0.303 e. The van der Waals surface area contributed by atoms with Crippen molar-refractivity contribution in [1.29, 1.82) is 0 Å². The number of amides is 1. The van der Waals surface area contributed by atoms with Gasteiger partial charge >= 0.3 is 5.97 Å². The predicted octanol–water partition coefficient (Wildman–Crippen LogP) is 3.67. The summed E-state index contributed by atoms with van der Waals surface area (Å²) in [6, 6.07) is 7.62. The van der Waals surface area contributed by atoms with Crippen LogP contribution in [-0.4, -0.2) is 22.5 Å². The highest BCUT2D eigenvalue weighted by Crippen LogP contribution is 2.17. The molecule has 0 aliphatic rings. The molecule has 0 aliphatic heterocycles. The quantitative estimate of drug-likeness (QED) is 0.766. The Balaban J connectivity index is 2.43. The number of hydrogen-bond donors (Lipinski definition) is 2. The van der Waals surface area contributed by atoms with E-state index < -0.39 is 11.5 Å². The highest BCUT2D eigenvalue weighted by Gasteiger charge is 2.22. The number of benzene rings is 1. The van der Waals surface area contributed by atoms with E-state index in [2.05, 4.69) is 5.32 Å². The first-order valence-corrected chi connectivity index (χ1v) is 7.83. The molecule has 0 bridgehead atoms. The van der Waals surface area contributed by atoms with E-state index in [-0.39, 0.29) is 18.2 Å². The molecule has 1 unspecified atom stereocenters. The first-order chi connectivity index (χ1) is 10.2. The summed E-state index contributed by atoms with van der Waals surface area (Å²) in [6.07, 6.45) is 1.69. The van der Waals surface area contributed by atoms with Gasteiger partial charge in [-0.15, -0.1) is 0 Å². The van der Waals surface area contributed by atoms with Crippen LogP contribution in [0.15, 0.2) is 24.3 Å². The van der Waals surface area contributed by atoms with Crippen molar-refractivity contribution in [3.63, 3.8) is 0 Å². The van der Waals surface area contributed by atoms with E-state index in [9.17, 15) is 9.59 Å². The molecule has 0 heterocycles. The molecule has 0 saturated carbocycles. The van der Waals surface area contributed by atoms with Gasteiger partial charge in [-0.05, 0) is 50.3 Å². The molecule has 1 amide bonds. The van der Waals surface area contributed by atoms with E-state index >= 15 is 0 Å². The summed E-state index contributed by atoms with van der Waals surface area (Å²) in [6.45, 7) is 5.72. The van der Waals surface area contributed by atoms with Gasteiger partial charge in [-0.2, -0.15) is 0 Å². The molecule has 4 nitrogen and oxygen atoms in total. The van der Waals surface area contributed by atoms with Gasteiger partial charge in [-0.25, -0.2) is 0 Å². The summed E-state index contributed by atoms with van der Waals surface area (Å²) >= 11 is 5.85. The third kappa shape index (κ3) is 7.46. The van der Waals surface area contributed by atoms with Gasteiger partial charge < -0.3 is 10.4 Å². The number of carboxylic acids is 1. The van der Waals surface area contributed by atoms with Gasteiger partial charge in [0.2, 0.25) is 5.91 Å². The third-order valence-electron chi connectivity index (χ3n) is 3.47. The molecule has 0 aliphatic carbocycles. The fraction of sp³-hybridized carbons (Fsp3) is 0.529. The lowest BCUT2D eigenvalue weighted by molar-refractivity contribution is -0.137. The SMILES string of the molecule is CC(CC(=O)NC(C)(C)CCC(=O)O)Cc1ccc(Cl)cc1. The molecule has 1 rings (SSSR count). The Kier molecular flexibility index (Phi) is 6.88. The molecule has 22 heavy (non-hydrogen) atoms. The molecule has 1 aromatic rings. The number of carbonyl (C=O) groups excluding carboxylic acids is 1. The number of halogens is 1. The van der Waals surface area contributed by atoms with Crippen molar-refractivity contribution in [2.24, 2.45) is 5.92 Å².